The summed E-state index contributed by atoms with van der Waals surface area (Å²) in [6.45, 7) is 5.97. The van der Waals surface area contributed by atoms with Crippen LogP contribution in [0.15, 0.2) is 40.8 Å². The molecule has 0 atom stereocenters. The maximum Gasteiger partial charge on any atom is 0.231 e. The lowest BCUT2D eigenvalue weighted by atomic mass is 10.1. The number of fused-ring (bicyclic) bond motifs is 1. The number of nitrogens with one attached hydrogen (secondary N) is 1. The van der Waals surface area contributed by atoms with E-state index in [1.807, 2.05) is 57.2 Å². The number of benzene rings is 2. The van der Waals surface area contributed by atoms with Crippen LogP contribution >= 0.6 is 0 Å². The van der Waals surface area contributed by atoms with Gasteiger partial charge < -0.3 is 19.2 Å². The van der Waals surface area contributed by atoms with Gasteiger partial charge in [-0.3, -0.25) is 4.79 Å². The van der Waals surface area contributed by atoms with Gasteiger partial charge in [0, 0.05) is 11.3 Å². The van der Waals surface area contributed by atoms with E-state index >= 15 is 0 Å². The number of amides is 1. The lowest BCUT2D eigenvalue weighted by Gasteiger charge is -2.10. The van der Waals surface area contributed by atoms with Gasteiger partial charge in [0.15, 0.2) is 11.5 Å². The van der Waals surface area contributed by atoms with Crippen molar-refractivity contribution in [3.05, 3.63) is 59.0 Å². The number of carbonyl (C=O) groups is 1. The quantitative estimate of drug-likeness (QED) is 0.752. The molecule has 0 radical (unpaired) electrons. The topological polar surface area (TPSA) is 73.6 Å². The first-order chi connectivity index (χ1) is 13.0. The van der Waals surface area contributed by atoms with Crippen LogP contribution in [-0.2, 0) is 11.2 Å². The van der Waals surface area contributed by atoms with Crippen molar-refractivity contribution >= 4 is 11.6 Å². The molecule has 2 heterocycles. The highest BCUT2D eigenvalue weighted by Crippen LogP contribution is 2.36. The molecule has 1 aliphatic heterocycles. The second-order valence-corrected chi connectivity index (χ2v) is 6.58. The Bertz CT molecular complexity index is 1000. The number of carbonyl (C=O) groups excluding carboxylic acids is 1. The Hall–Kier alpha value is -3.28. The second-order valence-electron chi connectivity index (χ2n) is 6.58. The van der Waals surface area contributed by atoms with Crippen molar-refractivity contribution in [2.45, 2.75) is 27.2 Å². The summed E-state index contributed by atoms with van der Waals surface area (Å²) in [5, 5.41) is 2.98. The van der Waals surface area contributed by atoms with Gasteiger partial charge in [-0.15, -0.1) is 0 Å². The highest BCUT2D eigenvalue weighted by molar-refractivity contribution is 5.93. The monoisotopic (exact) mass is 364 g/mol. The minimum absolute atomic E-state index is 0.124. The molecule has 0 saturated heterocycles. The number of aryl methyl sites for hydroxylation is 3. The summed E-state index contributed by atoms with van der Waals surface area (Å²) in [5.74, 6) is 2.33. The van der Waals surface area contributed by atoms with E-state index in [-0.39, 0.29) is 19.1 Å². The third-order valence-electron chi connectivity index (χ3n) is 4.59. The average molecular weight is 364 g/mol. The molecule has 0 saturated carbocycles. The highest BCUT2D eigenvalue weighted by atomic mass is 16.7. The third kappa shape index (κ3) is 3.38. The van der Waals surface area contributed by atoms with Crippen LogP contribution in [0.3, 0.4) is 0 Å². The van der Waals surface area contributed by atoms with Gasteiger partial charge in [0.1, 0.15) is 5.76 Å². The molecule has 0 fully saturated rings. The Morgan fingerprint density at radius 3 is 2.59 bits per heavy atom. The molecular formula is C21H20N2O4. The highest BCUT2D eigenvalue weighted by Gasteiger charge is 2.19. The fourth-order valence-electron chi connectivity index (χ4n) is 3.09. The Labute approximate surface area is 157 Å². The van der Waals surface area contributed by atoms with Crippen LogP contribution in [0.5, 0.6) is 11.5 Å². The maximum absolute atomic E-state index is 12.5. The summed E-state index contributed by atoms with van der Waals surface area (Å²) < 4.78 is 16.5. The molecular weight excluding hydrogens is 344 g/mol. The zero-order valence-corrected chi connectivity index (χ0v) is 15.5. The van der Waals surface area contributed by atoms with Crippen LogP contribution in [0.25, 0.3) is 11.5 Å². The number of ether oxygens (including phenoxy) is 2. The van der Waals surface area contributed by atoms with E-state index in [2.05, 4.69) is 10.3 Å². The molecule has 6 nitrogen and oxygen atoms in total. The smallest absolute Gasteiger partial charge is 0.231 e. The molecule has 1 N–H and O–H groups in total. The van der Waals surface area contributed by atoms with Crippen molar-refractivity contribution < 1.29 is 18.7 Å². The van der Waals surface area contributed by atoms with E-state index < -0.39 is 0 Å². The molecule has 138 valence electrons. The number of hydrogen-bond donors (Lipinski definition) is 1. The molecule has 27 heavy (non-hydrogen) atoms. The number of hydrogen-bond acceptors (Lipinski definition) is 5. The summed E-state index contributed by atoms with van der Waals surface area (Å²) >= 11 is 0. The first-order valence-electron chi connectivity index (χ1n) is 8.73. The van der Waals surface area contributed by atoms with Crippen LogP contribution in [0.4, 0.5) is 5.69 Å². The molecule has 3 aromatic rings. The van der Waals surface area contributed by atoms with Gasteiger partial charge in [0.25, 0.3) is 0 Å². The Balaban J connectivity index is 1.53. The lowest BCUT2D eigenvalue weighted by Crippen LogP contribution is -2.16. The number of oxazole rings is 1. The lowest BCUT2D eigenvalue weighted by molar-refractivity contribution is -0.115. The van der Waals surface area contributed by atoms with E-state index in [1.54, 1.807) is 0 Å². The SMILES string of the molecule is Cc1cccc(C)c1NC(=O)Cc1nc(-c2ccc3c(c2)OCO3)oc1C. The van der Waals surface area contributed by atoms with E-state index in [9.17, 15) is 4.79 Å². The molecule has 0 spiro atoms. The summed E-state index contributed by atoms with van der Waals surface area (Å²) in [6.07, 6.45) is 0.146. The number of para-hydroxylation sites is 1. The van der Waals surface area contributed by atoms with Crippen LogP contribution in [0.2, 0.25) is 0 Å². The predicted molar refractivity (Wildman–Crippen MR) is 101 cm³/mol. The Morgan fingerprint density at radius 2 is 1.81 bits per heavy atom. The molecule has 1 amide bonds. The molecule has 0 bridgehead atoms. The van der Waals surface area contributed by atoms with Crippen molar-refractivity contribution in [2.24, 2.45) is 0 Å². The summed E-state index contributed by atoms with van der Waals surface area (Å²) in [7, 11) is 0. The third-order valence-corrected chi connectivity index (χ3v) is 4.59. The molecule has 0 unspecified atom stereocenters. The van der Waals surface area contributed by atoms with E-state index in [1.165, 1.54) is 0 Å². The van der Waals surface area contributed by atoms with Gasteiger partial charge in [0.2, 0.25) is 18.6 Å². The van der Waals surface area contributed by atoms with Gasteiger partial charge in [0.05, 0.1) is 12.1 Å². The van der Waals surface area contributed by atoms with Crippen LogP contribution < -0.4 is 14.8 Å². The molecule has 1 aliphatic rings. The average Bonchev–Trinajstić information content (AvgIpc) is 3.24. The van der Waals surface area contributed by atoms with Crippen molar-refractivity contribution in [3.8, 4) is 23.0 Å². The van der Waals surface area contributed by atoms with Gasteiger partial charge in [-0.2, -0.15) is 0 Å². The maximum atomic E-state index is 12.5. The molecule has 4 rings (SSSR count). The van der Waals surface area contributed by atoms with Crippen LogP contribution in [-0.4, -0.2) is 17.7 Å². The number of aromatic nitrogens is 1. The minimum Gasteiger partial charge on any atom is -0.454 e. The number of rotatable bonds is 4. The molecule has 0 aliphatic carbocycles. The Kier molecular flexibility index (Phi) is 4.32. The largest absolute Gasteiger partial charge is 0.454 e. The van der Waals surface area contributed by atoms with E-state index in [0.717, 1.165) is 22.4 Å². The van der Waals surface area contributed by atoms with Crippen LogP contribution in [0, 0.1) is 20.8 Å². The summed E-state index contributed by atoms with van der Waals surface area (Å²) in [4.78, 5) is 17.0. The van der Waals surface area contributed by atoms with Crippen molar-refractivity contribution in [1.82, 2.24) is 4.98 Å². The summed E-state index contributed by atoms with van der Waals surface area (Å²) in [6, 6.07) is 11.4. The number of nitrogens with zero attached hydrogens (tertiary/aromatic N) is 1. The first-order valence-corrected chi connectivity index (χ1v) is 8.73. The zero-order chi connectivity index (χ0) is 19.0. The van der Waals surface area contributed by atoms with E-state index in [0.29, 0.717) is 28.8 Å². The van der Waals surface area contributed by atoms with Crippen molar-refractivity contribution in [1.29, 1.82) is 0 Å². The normalized spacial score (nSPS) is 12.3. The first kappa shape index (κ1) is 17.1. The van der Waals surface area contributed by atoms with Crippen LogP contribution in [0.1, 0.15) is 22.6 Å². The summed E-state index contributed by atoms with van der Waals surface area (Å²) in [5.41, 5.74) is 4.30. The number of anilines is 1. The second kappa shape index (κ2) is 6.79. The van der Waals surface area contributed by atoms with Crippen molar-refractivity contribution in [2.75, 3.05) is 12.1 Å². The fraction of sp³-hybridized carbons (Fsp3) is 0.238. The molecule has 1 aromatic heterocycles. The van der Waals surface area contributed by atoms with E-state index in [4.69, 9.17) is 13.9 Å². The van der Waals surface area contributed by atoms with Gasteiger partial charge in [-0.05, 0) is 50.1 Å². The molecule has 6 heteroatoms. The zero-order valence-electron chi connectivity index (χ0n) is 15.5. The van der Waals surface area contributed by atoms with Gasteiger partial charge in [-0.25, -0.2) is 4.98 Å². The van der Waals surface area contributed by atoms with Gasteiger partial charge >= 0.3 is 0 Å². The van der Waals surface area contributed by atoms with Gasteiger partial charge in [-0.1, -0.05) is 18.2 Å². The minimum atomic E-state index is -0.124. The fourth-order valence-corrected chi connectivity index (χ4v) is 3.09. The standard InChI is InChI=1S/C21H20N2O4/c1-12-5-4-6-13(2)20(12)23-19(24)10-16-14(3)27-21(22-16)15-7-8-17-18(9-15)26-11-25-17/h4-9H,10-11H2,1-3H3,(H,23,24). The Morgan fingerprint density at radius 1 is 1.07 bits per heavy atom. The van der Waals surface area contributed by atoms with Crippen molar-refractivity contribution in [3.63, 3.8) is 0 Å². The molecule has 2 aromatic carbocycles. The predicted octanol–water partition coefficient (Wildman–Crippen LogP) is 4.18.